The summed E-state index contributed by atoms with van der Waals surface area (Å²) in [6.45, 7) is -0.0104. The molecule has 0 atom stereocenters. The molecule has 1 N–H and O–H groups in total. The fourth-order valence-corrected chi connectivity index (χ4v) is 5.39. The number of nitrogens with one attached hydrogen (secondary N) is 1. The van der Waals surface area contributed by atoms with E-state index in [0.717, 1.165) is 11.1 Å². The molecule has 0 fully saturated rings. The summed E-state index contributed by atoms with van der Waals surface area (Å²) in [4.78, 5) is 28.4. The van der Waals surface area contributed by atoms with Gasteiger partial charge in [-0.25, -0.2) is 18.2 Å². The van der Waals surface area contributed by atoms with E-state index >= 15 is 0 Å². The number of hydrogen-bond donors (Lipinski definition) is 1. The molecule has 0 bridgehead atoms. The highest BCUT2D eigenvalue weighted by Crippen LogP contribution is 2.26. The number of benzene rings is 2. The molecule has 4 rings (SSSR count). The molecule has 0 aliphatic carbocycles. The van der Waals surface area contributed by atoms with Crippen molar-refractivity contribution < 1.29 is 22.7 Å². The second-order valence-corrected chi connectivity index (χ2v) is 10.3. The predicted octanol–water partition coefficient (Wildman–Crippen LogP) is 3.93. The normalized spacial score (nSPS) is 13.7. The molecule has 1 aliphatic rings. The molecule has 0 radical (unpaired) electrons. The van der Waals surface area contributed by atoms with Crippen molar-refractivity contribution in [2.45, 2.75) is 17.9 Å². The Hall–Kier alpha value is -2.98. The number of rotatable bonds is 6. The van der Waals surface area contributed by atoms with Gasteiger partial charge in [0.2, 0.25) is 10.0 Å². The summed E-state index contributed by atoms with van der Waals surface area (Å²) in [5, 5.41) is 2.84. The van der Waals surface area contributed by atoms with Crippen LogP contribution in [-0.4, -0.2) is 42.7 Å². The van der Waals surface area contributed by atoms with Crippen LogP contribution in [0.4, 0.5) is 5.82 Å². The van der Waals surface area contributed by atoms with E-state index in [9.17, 15) is 18.0 Å². The number of anilines is 1. The van der Waals surface area contributed by atoms with Gasteiger partial charge < -0.3 is 10.1 Å². The average molecular weight is 520 g/mol. The van der Waals surface area contributed by atoms with Gasteiger partial charge in [-0.1, -0.05) is 53.5 Å². The number of pyridine rings is 1. The Morgan fingerprint density at radius 1 is 1.06 bits per heavy atom. The lowest BCUT2D eigenvalue weighted by Gasteiger charge is -2.28. The second-order valence-electron chi connectivity index (χ2n) is 7.49. The number of ether oxygens (including phenoxy) is 1. The van der Waals surface area contributed by atoms with Crippen LogP contribution in [0.15, 0.2) is 65.7 Å². The maximum atomic E-state index is 13.2. The summed E-state index contributed by atoms with van der Waals surface area (Å²) in [5.41, 5.74) is 2.09. The molecule has 3 aromatic rings. The van der Waals surface area contributed by atoms with Crippen LogP contribution < -0.4 is 5.32 Å². The van der Waals surface area contributed by atoms with Crippen molar-refractivity contribution in [1.82, 2.24) is 9.29 Å². The average Bonchev–Trinajstić information content (AvgIpc) is 2.84. The van der Waals surface area contributed by atoms with Crippen molar-refractivity contribution >= 4 is 50.9 Å². The molecule has 176 valence electrons. The maximum absolute atomic E-state index is 13.2. The number of carbonyl (C=O) groups is 2. The number of fused-ring (bicyclic) bond motifs is 1. The van der Waals surface area contributed by atoms with Gasteiger partial charge in [-0.3, -0.25) is 4.79 Å². The molecule has 2 heterocycles. The zero-order valence-corrected chi connectivity index (χ0v) is 20.0. The van der Waals surface area contributed by atoms with Crippen LogP contribution in [-0.2, 0) is 32.5 Å². The quantitative estimate of drug-likeness (QED) is 0.494. The maximum Gasteiger partial charge on any atom is 0.338 e. The van der Waals surface area contributed by atoms with E-state index in [4.69, 9.17) is 27.9 Å². The number of nitrogens with zero attached hydrogens (tertiary/aromatic N) is 2. The van der Waals surface area contributed by atoms with Crippen molar-refractivity contribution in [2.24, 2.45) is 0 Å². The number of aromatic nitrogens is 1. The zero-order chi connectivity index (χ0) is 24.3. The van der Waals surface area contributed by atoms with E-state index in [0.29, 0.717) is 18.0 Å². The molecule has 0 unspecified atom stereocenters. The molecule has 11 heteroatoms. The number of halogens is 2. The van der Waals surface area contributed by atoms with Gasteiger partial charge in [0.05, 0.1) is 20.5 Å². The third-order valence-electron chi connectivity index (χ3n) is 5.20. The molecule has 2 aromatic carbocycles. The van der Waals surface area contributed by atoms with Gasteiger partial charge in [0, 0.05) is 19.3 Å². The Kier molecular flexibility index (Phi) is 7.18. The van der Waals surface area contributed by atoms with Crippen molar-refractivity contribution in [2.75, 3.05) is 18.5 Å². The van der Waals surface area contributed by atoms with Gasteiger partial charge in [0.15, 0.2) is 12.4 Å². The third kappa shape index (κ3) is 5.39. The topological polar surface area (TPSA) is 106 Å². The molecule has 0 spiro atoms. The summed E-state index contributed by atoms with van der Waals surface area (Å²) in [6.07, 6.45) is 1.92. The standard InChI is InChI=1S/C23H19Cl2N3O5S/c24-18-11-20(25)22(26-12-18)27-21(29)14-33-23(30)16-6-3-7-19(10-16)34(31,32)28-9-8-15-4-1-2-5-17(15)13-28/h1-7,10-12H,8-9,13-14H2,(H,26,27,29). The number of esters is 1. The first-order valence-electron chi connectivity index (χ1n) is 10.2. The van der Waals surface area contributed by atoms with Crippen molar-refractivity contribution in [1.29, 1.82) is 0 Å². The van der Waals surface area contributed by atoms with E-state index in [1.807, 2.05) is 24.3 Å². The molecular formula is C23H19Cl2N3O5S. The number of hydrogen-bond acceptors (Lipinski definition) is 6. The number of sulfonamides is 1. The van der Waals surface area contributed by atoms with Gasteiger partial charge in [0.25, 0.3) is 5.91 Å². The van der Waals surface area contributed by atoms with Gasteiger partial charge in [0.1, 0.15) is 0 Å². The van der Waals surface area contributed by atoms with Gasteiger partial charge in [-0.05, 0) is 41.8 Å². The summed E-state index contributed by atoms with van der Waals surface area (Å²) < 4.78 is 32.8. The Morgan fingerprint density at radius 2 is 1.82 bits per heavy atom. The molecule has 1 aliphatic heterocycles. The van der Waals surface area contributed by atoms with Gasteiger partial charge >= 0.3 is 5.97 Å². The van der Waals surface area contributed by atoms with E-state index in [2.05, 4.69) is 10.3 Å². The largest absolute Gasteiger partial charge is 0.452 e. The second kappa shape index (κ2) is 10.1. The van der Waals surface area contributed by atoms with Crippen LogP contribution in [0.25, 0.3) is 0 Å². The highest BCUT2D eigenvalue weighted by Gasteiger charge is 2.29. The summed E-state index contributed by atoms with van der Waals surface area (Å²) in [5.74, 6) is -1.43. The Balaban J connectivity index is 1.41. The minimum Gasteiger partial charge on any atom is -0.452 e. The van der Waals surface area contributed by atoms with Crippen molar-refractivity contribution in [3.8, 4) is 0 Å². The lowest BCUT2D eigenvalue weighted by molar-refractivity contribution is -0.119. The Bertz CT molecular complexity index is 1360. The molecule has 8 nitrogen and oxygen atoms in total. The SMILES string of the molecule is O=C(COC(=O)c1cccc(S(=O)(=O)N2CCc3ccccc3C2)c1)Nc1ncc(Cl)cc1Cl. The van der Waals surface area contributed by atoms with Crippen LogP contribution in [0.1, 0.15) is 21.5 Å². The Morgan fingerprint density at radius 3 is 2.59 bits per heavy atom. The van der Waals surface area contributed by atoms with Crippen LogP contribution >= 0.6 is 23.2 Å². The lowest BCUT2D eigenvalue weighted by Crippen LogP contribution is -2.36. The smallest absolute Gasteiger partial charge is 0.338 e. The van der Waals surface area contributed by atoms with Crippen LogP contribution in [0.3, 0.4) is 0 Å². The first kappa shape index (κ1) is 24.2. The fourth-order valence-electron chi connectivity index (χ4n) is 3.50. The van der Waals surface area contributed by atoms with Crippen molar-refractivity contribution in [3.05, 3.63) is 87.5 Å². The first-order chi connectivity index (χ1) is 16.2. The van der Waals surface area contributed by atoms with Crippen molar-refractivity contribution in [3.63, 3.8) is 0 Å². The van der Waals surface area contributed by atoms with Crippen LogP contribution in [0.5, 0.6) is 0 Å². The van der Waals surface area contributed by atoms with E-state index < -0.39 is 28.5 Å². The lowest BCUT2D eigenvalue weighted by atomic mass is 10.0. The number of amides is 1. The minimum absolute atomic E-state index is 0.00827. The molecule has 0 saturated heterocycles. The van der Waals surface area contributed by atoms with E-state index in [-0.39, 0.29) is 27.8 Å². The monoisotopic (exact) mass is 519 g/mol. The van der Waals surface area contributed by atoms with E-state index in [1.54, 1.807) is 0 Å². The molecule has 1 aromatic heterocycles. The molecule has 34 heavy (non-hydrogen) atoms. The predicted molar refractivity (Wildman–Crippen MR) is 127 cm³/mol. The van der Waals surface area contributed by atoms with Crippen LogP contribution in [0, 0.1) is 0 Å². The summed E-state index contributed by atoms with van der Waals surface area (Å²) in [6, 6.07) is 14.6. The zero-order valence-electron chi connectivity index (χ0n) is 17.7. The van der Waals surface area contributed by atoms with Gasteiger partial charge in [-0.15, -0.1) is 0 Å². The van der Waals surface area contributed by atoms with E-state index in [1.165, 1.54) is 40.8 Å². The summed E-state index contributed by atoms with van der Waals surface area (Å²) in [7, 11) is -3.83. The summed E-state index contributed by atoms with van der Waals surface area (Å²) >= 11 is 11.7. The molecular weight excluding hydrogens is 501 g/mol. The van der Waals surface area contributed by atoms with Crippen LogP contribution in [0.2, 0.25) is 10.0 Å². The first-order valence-corrected chi connectivity index (χ1v) is 12.4. The third-order valence-corrected chi connectivity index (χ3v) is 7.54. The molecule has 1 amide bonds. The highest BCUT2D eigenvalue weighted by atomic mass is 35.5. The molecule has 0 saturated carbocycles. The number of carbonyl (C=O) groups excluding carboxylic acids is 2. The highest BCUT2D eigenvalue weighted by molar-refractivity contribution is 7.89. The minimum atomic E-state index is -3.83. The Labute approximate surface area is 206 Å². The fraction of sp³-hybridized carbons (Fsp3) is 0.174. The van der Waals surface area contributed by atoms with Gasteiger partial charge in [-0.2, -0.15) is 4.31 Å².